The lowest BCUT2D eigenvalue weighted by Crippen LogP contribution is -2.10. The van der Waals surface area contributed by atoms with Crippen LogP contribution in [0.1, 0.15) is 0 Å². The summed E-state index contributed by atoms with van der Waals surface area (Å²) in [5.74, 6) is 0.615. The fourth-order valence-electron chi connectivity index (χ4n) is 8.07. The van der Waals surface area contributed by atoms with Crippen LogP contribution in [-0.4, -0.2) is 4.98 Å². The zero-order chi connectivity index (χ0) is 36.3. The summed E-state index contributed by atoms with van der Waals surface area (Å²) < 4.78 is 13.0. The summed E-state index contributed by atoms with van der Waals surface area (Å²) in [5.41, 5.74) is 12.0. The molecule has 4 heteroatoms. The van der Waals surface area contributed by atoms with Gasteiger partial charge >= 0.3 is 0 Å². The van der Waals surface area contributed by atoms with E-state index < -0.39 is 0 Å². The molecule has 258 valence electrons. The number of oxazole rings is 1. The van der Waals surface area contributed by atoms with Crippen LogP contribution in [0.5, 0.6) is 0 Å². The van der Waals surface area contributed by atoms with Gasteiger partial charge in [-0.1, -0.05) is 127 Å². The minimum absolute atomic E-state index is 0.615. The largest absolute Gasteiger partial charge is 0.456 e. The third-order valence-corrected chi connectivity index (χ3v) is 10.7. The molecule has 2 heterocycles. The van der Waals surface area contributed by atoms with Gasteiger partial charge in [-0.05, 0) is 99.1 Å². The number of rotatable bonds is 6. The Morgan fingerprint density at radius 3 is 1.85 bits per heavy atom. The number of furan rings is 1. The molecule has 0 aliphatic heterocycles. The van der Waals surface area contributed by atoms with Crippen LogP contribution in [0.2, 0.25) is 0 Å². The van der Waals surface area contributed by atoms with Gasteiger partial charge in [-0.15, -0.1) is 0 Å². The Morgan fingerprint density at radius 2 is 1.00 bits per heavy atom. The first-order chi connectivity index (χ1) is 27.2. The van der Waals surface area contributed by atoms with E-state index in [4.69, 9.17) is 13.8 Å². The van der Waals surface area contributed by atoms with E-state index >= 15 is 0 Å². The van der Waals surface area contributed by atoms with Crippen molar-refractivity contribution >= 4 is 71.6 Å². The van der Waals surface area contributed by atoms with Crippen LogP contribution in [0.25, 0.3) is 88.3 Å². The van der Waals surface area contributed by atoms with Gasteiger partial charge in [-0.25, -0.2) is 4.98 Å². The predicted octanol–water partition coefficient (Wildman–Crippen LogP) is 14.5. The summed E-state index contributed by atoms with van der Waals surface area (Å²) >= 11 is 0. The molecule has 0 aliphatic rings. The normalized spacial score (nSPS) is 11.6. The smallest absolute Gasteiger partial charge is 0.227 e. The van der Waals surface area contributed by atoms with Crippen LogP contribution < -0.4 is 4.90 Å². The van der Waals surface area contributed by atoms with Gasteiger partial charge in [0.1, 0.15) is 16.7 Å². The Labute approximate surface area is 317 Å². The van der Waals surface area contributed by atoms with Crippen LogP contribution in [0.15, 0.2) is 203 Å². The fourth-order valence-corrected chi connectivity index (χ4v) is 8.07. The topological polar surface area (TPSA) is 42.4 Å². The molecule has 11 aromatic rings. The van der Waals surface area contributed by atoms with Gasteiger partial charge in [-0.2, -0.15) is 0 Å². The molecule has 9 aromatic carbocycles. The lowest BCUT2D eigenvalue weighted by Gasteiger charge is -2.26. The van der Waals surface area contributed by atoms with Crippen LogP contribution in [0.4, 0.5) is 17.1 Å². The molecule has 11 rings (SSSR count). The highest BCUT2D eigenvalue weighted by molar-refractivity contribution is 6.19. The van der Waals surface area contributed by atoms with Gasteiger partial charge in [0.2, 0.25) is 5.89 Å². The number of para-hydroxylation sites is 1. The number of anilines is 3. The minimum Gasteiger partial charge on any atom is -0.456 e. The molecule has 0 unspecified atom stereocenters. The van der Waals surface area contributed by atoms with Gasteiger partial charge in [0, 0.05) is 44.9 Å². The van der Waals surface area contributed by atoms with Crippen LogP contribution in [0.3, 0.4) is 0 Å². The lowest BCUT2D eigenvalue weighted by molar-refractivity contribution is 0.623. The number of hydrogen-bond acceptors (Lipinski definition) is 4. The molecular formula is C51H32N2O2. The van der Waals surface area contributed by atoms with Crippen molar-refractivity contribution in [2.75, 3.05) is 4.90 Å². The summed E-state index contributed by atoms with van der Waals surface area (Å²) in [7, 11) is 0. The first-order valence-corrected chi connectivity index (χ1v) is 18.5. The quantitative estimate of drug-likeness (QED) is 0.162. The molecule has 0 amide bonds. The van der Waals surface area contributed by atoms with E-state index in [1.807, 2.05) is 42.5 Å². The standard InChI is InChI=1S/C51H32N2O2/c1-3-12-33(13-4-1)41-18-7-8-19-42(41)37-16-11-17-38(30-37)53(40-27-28-44-43-20-9-10-21-47(43)54-48(44)32-40)39-26-24-34-22-23-35-25-29-46-50(49(35)45(34)31-39)55-51(52-46)36-14-5-2-6-15-36/h1-32H. The second-order valence-corrected chi connectivity index (χ2v) is 13.9. The van der Waals surface area contributed by atoms with E-state index in [9.17, 15) is 0 Å². The molecule has 0 N–H and O–H groups in total. The molecular weight excluding hydrogens is 673 g/mol. The van der Waals surface area contributed by atoms with Gasteiger partial charge in [0.15, 0.2) is 5.58 Å². The third-order valence-electron chi connectivity index (χ3n) is 10.7. The third kappa shape index (κ3) is 5.26. The fraction of sp³-hybridized carbons (Fsp3) is 0. The highest BCUT2D eigenvalue weighted by Crippen LogP contribution is 2.43. The van der Waals surface area contributed by atoms with Crippen molar-refractivity contribution in [2.45, 2.75) is 0 Å². The maximum atomic E-state index is 6.60. The van der Waals surface area contributed by atoms with Crippen molar-refractivity contribution < 1.29 is 8.83 Å². The Balaban J connectivity index is 1.13. The molecule has 0 saturated heterocycles. The number of aromatic nitrogens is 1. The minimum atomic E-state index is 0.615. The molecule has 0 radical (unpaired) electrons. The predicted molar refractivity (Wildman–Crippen MR) is 227 cm³/mol. The average molecular weight is 705 g/mol. The van der Waals surface area contributed by atoms with Crippen LogP contribution in [0, 0.1) is 0 Å². The van der Waals surface area contributed by atoms with Crippen molar-refractivity contribution in [3.8, 4) is 33.7 Å². The second kappa shape index (κ2) is 12.6. The molecule has 2 aromatic heterocycles. The Morgan fingerprint density at radius 1 is 0.382 bits per heavy atom. The summed E-state index contributed by atoms with van der Waals surface area (Å²) in [6.07, 6.45) is 0. The SMILES string of the molecule is c1ccc(-c2nc3ccc4ccc5ccc(N(c6cccc(-c7ccccc7-c7ccccc7)c6)c6ccc7c(c6)oc6ccccc67)cc5c4c3o2)cc1. The van der Waals surface area contributed by atoms with Gasteiger partial charge in [0.05, 0.1) is 0 Å². The molecule has 0 atom stereocenters. The maximum absolute atomic E-state index is 6.60. The second-order valence-electron chi connectivity index (χ2n) is 13.9. The molecule has 0 spiro atoms. The molecule has 4 nitrogen and oxygen atoms in total. The monoisotopic (exact) mass is 704 g/mol. The van der Waals surface area contributed by atoms with Crippen LogP contribution in [-0.2, 0) is 0 Å². The van der Waals surface area contributed by atoms with E-state index in [0.717, 1.165) is 82.8 Å². The highest BCUT2D eigenvalue weighted by atomic mass is 16.3. The molecule has 0 bridgehead atoms. The lowest BCUT2D eigenvalue weighted by atomic mass is 9.94. The average Bonchev–Trinajstić information content (AvgIpc) is 3.86. The van der Waals surface area contributed by atoms with Crippen molar-refractivity contribution in [3.05, 3.63) is 194 Å². The van der Waals surface area contributed by atoms with E-state index in [1.165, 1.54) is 16.7 Å². The molecule has 0 saturated carbocycles. The summed E-state index contributed by atoms with van der Waals surface area (Å²) in [5, 5.41) is 6.57. The van der Waals surface area contributed by atoms with Gasteiger partial charge < -0.3 is 13.7 Å². The summed E-state index contributed by atoms with van der Waals surface area (Å²) in [6.45, 7) is 0. The number of fused-ring (bicyclic) bond motifs is 8. The van der Waals surface area contributed by atoms with E-state index in [1.54, 1.807) is 0 Å². The van der Waals surface area contributed by atoms with Crippen molar-refractivity contribution in [1.29, 1.82) is 0 Å². The first-order valence-electron chi connectivity index (χ1n) is 18.5. The maximum Gasteiger partial charge on any atom is 0.227 e. The van der Waals surface area contributed by atoms with E-state index in [0.29, 0.717) is 5.89 Å². The highest BCUT2D eigenvalue weighted by Gasteiger charge is 2.19. The van der Waals surface area contributed by atoms with Gasteiger partial charge in [0.25, 0.3) is 0 Å². The molecule has 0 fully saturated rings. The van der Waals surface area contributed by atoms with Gasteiger partial charge in [-0.3, -0.25) is 0 Å². The number of hydrogen-bond donors (Lipinski definition) is 0. The summed E-state index contributed by atoms with van der Waals surface area (Å²) in [4.78, 5) is 7.25. The zero-order valence-corrected chi connectivity index (χ0v) is 29.7. The van der Waals surface area contributed by atoms with Crippen molar-refractivity contribution in [2.24, 2.45) is 0 Å². The van der Waals surface area contributed by atoms with Crippen LogP contribution >= 0.6 is 0 Å². The first kappa shape index (κ1) is 31.1. The molecule has 0 aliphatic carbocycles. The van der Waals surface area contributed by atoms with E-state index in [-0.39, 0.29) is 0 Å². The Hall–Kier alpha value is -7.43. The Bertz CT molecular complexity index is 3220. The molecule has 55 heavy (non-hydrogen) atoms. The van der Waals surface area contributed by atoms with Crippen molar-refractivity contribution in [1.82, 2.24) is 4.98 Å². The zero-order valence-electron chi connectivity index (χ0n) is 29.7. The number of benzene rings is 9. The summed E-state index contributed by atoms with van der Waals surface area (Å²) in [6, 6.07) is 68.2. The van der Waals surface area contributed by atoms with E-state index in [2.05, 4.69) is 157 Å². The number of nitrogens with zero attached hydrogens (tertiary/aromatic N) is 2. The Kier molecular flexibility index (Phi) is 7.14. The van der Waals surface area contributed by atoms with Crippen molar-refractivity contribution in [3.63, 3.8) is 0 Å².